The summed E-state index contributed by atoms with van der Waals surface area (Å²) in [5.41, 5.74) is 5.53. The Hall–Kier alpha value is -0.700. The summed E-state index contributed by atoms with van der Waals surface area (Å²) < 4.78 is 24.0. The molecule has 1 atom stereocenters. The fourth-order valence-corrected chi connectivity index (χ4v) is 2.75. The number of nitrogens with two attached hydrogens (primary N) is 2. The maximum Gasteiger partial charge on any atom is 0.274 e. The zero-order valence-corrected chi connectivity index (χ0v) is 13.1. The molecule has 1 fully saturated rings. The largest absolute Gasteiger partial charge is 0.342 e. The quantitative estimate of drug-likeness (QED) is 0.615. The summed E-state index contributed by atoms with van der Waals surface area (Å²) in [6.07, 6.45) is 2.85. The van der Waals surface area contributed by atoms with E-state index in [9.17, 15) is 13.2 Å². The van der Waals surface area contributed by atoms with E-state index in [1.54, 1.807) is 4.90 Å². The minimum absolute atomic E-state index is 0.0869. The van der Waals surface area contributed by atoms with Gasteiger partial charge in [0.2, 0.25) is 5.91 Å². The lowest BCUT2D eigenvalue weighted by Gasteiger charge is -2.33. The summed E-state index contributed by atoms with van der Waals surface area (Å²) in [6.45, 7) is 5.39. The zero-order chi connectivity index (χ0) is 15.4. The molecule has 0 spiro atoms. The van der Waals surface area contributed by atoms with Crippen molar-refractivity contribution in [3.8, 4) is 0 Å². The van der Waals surface area contributed by atoms with Crippen molar-refractivity contribution in [3.05, 3.63) is 0 Å². The molecule has 0 aromatic rings. The van der Waals surface area contributed by atoms with Crippen LogP contribution in [-0.2, 0) is 15.0 Å². The van der Waals surface area contributed by atoms with E-state index in [0.29, 0.717) is 19.4 Å². The standard InChI is InChI=1S/C12H26N4O3S/c1-12(2,13)6-5-11(17)16-7-3-4-10(9-16)8-15-20(14,18)19/h10,15H,3-9,13H2,1-2H3,(H2,14,18,19). The van der Waals surface area contributed by atoms with Crippen LogP contribution < -0.4 is 15.6 Å². The normalized spacial score (nSPS) is 21.0. The van der Waals surface area contributed by atoms with Crippen molar-refractivity contribution in [2.75, 3.05) is 19.6 Å². The minimum atomic E-state index is -3.66. The fraction of sp³-hybridized carbons (Fsp3) is 0.917. The topological polar surface area (TPSA) is 119 Å². The van der Waals surface area contributed by atoms with E-state index in [0.717, 1.165) is 19.4 Å². The van der Waals surface area contributed by atoms with E-state index in [1.165, 1.54) is 0 Å². The Balaban J connectivity index is 2.42. The summed E-state index contributed by atoms with van der Waals surface area (Å²) in [5, 5.41) is 4.91. The van der Waals surface area contributed by atoms with Gasteiger partial charge in [-0.3, -0.25) is 4.79 Å². The number of nitrogens with zero attached hydrogens (tertiary/aromatic N) is 1. The van der Waals surface area contributed by atoms with Gasteiger partial charge in [-0.05, 0) is 39.0 Å². The number of hydrogen-bond donors (Lipinski definition) is 3. The van der Waals surface area contributed by atoms with Gasteiger partial charge in [-0.2, -0.15) is 8.42 Å². The van der Waals surface area contributed by atoms with E-state index < -0.39 is 10.2 Å². The van der Waals surface area contributed by atoms with E-state index in [2.05, 4.69) is 4.72 Å². The Bertz CT molecular complexity index is 430. The highest BCUT2D eigenvalue weighted by Gasteiger charge is 2.25. The minimum Gasteiger partial charge on any atom is -0.342 e. The number of piperidine rings is 1. The molecular formula is C12H26N4O3S. The van der Waals surface area contributed by atoms with Crippen molar-refractivity contribution < 1.29 is 13.2 Å². The first kappa shape index (κ1) is 17.4. The summed E-state index contributed by atoms with van der Waals surface area (Å²) >= 11 is 0. The van der Waals surface area contributed by atoms with Crippen LogP contribution >= 0.6 is 0 Å². The first-order valence-corrected chi connectivity index (χ1v) is 8.45. The van der Waals surface area contributed by atoms with Gasteiger partial charge in [0.1, 0.15) is 0 Å². The smallest absolute Gasteiger partial charge is 0.274 e. The third-order valence-corrected chi connectivity index (χ3v) is 4.00. The lowest BCUT2D eigenvalue weighted by molar-refractivity contribution is -0.133. The summed E-state index contributed by atoms with van der Waals surface area (Å²) in [4.78, 5) is 13.9. The Labute approximate surface area is 121 Å². The third-order valence-electron chi connectivity index (χ3n) is 3.43. The Kier molecular flexibility index (Phi) is 5.93. The molecule has 0 aliphatic carbocycles. The molecule has 0 aromatic heterocycles. The van der Waals surface area contributed by atoms with Gasteiger partial charge >= 0.3 is 0 Å². The van der Waals surface area contributed by atoms with Gasteiger partial charge in [-0.1, -0.05) is 0 Å². The van der Waals surface area contributed by atoms with E-state index in [4.69, 9.17) is 10.9 Å². The second-order valence-corrected chi connectivity index (χ2v) is 7.61. The molecule has 1 unspecified atom stereocenters. The molecule has 1 aliphatic rings. The maximum atomic E-state index is 12.1. The first-order valence-electron chi connectivity index (χ1n) is 6.91. The van der Waals surface area contributed by atoms with Crippen LogP contribution in [0.1, 0.15) is 39.5 Å². The van der Waals surface area contributed by atoms with Gasteiger partial charge in [-0.15, -0.1) is 0 Å². The lowest BCUT2D eigenvalue weighted by Crippen LogP contribution is -2.45. The van der Waals surface area contributed by atoms with Crippen LogP contribution in [0.3, 0.4) is 0 Å². The number of amides is 1. The number of likely N-dealkylation sites (tertiary alicyclic amines) is 1. The molecule has 0 saturated carbocycles. The second-order valence-electron chi connectivity index (χ2n) is 6.23. The van der Waals surface area contributed by atoms with Crippen molar-refractivity contribution in [1.29, 1.82) is 0 Å². The molecule has 1 heterocycles. The van der Waals surface area contributed by atoms with Crippen LogP contribution in [-0.4, -0.2) is 44.4 Å². The first-order chi connectivity index (χ1) is 9.07. The van der Waals surface area contributed by atoms with Gasteiger partial charge in [-0.25, -0.2) is 9.86 Å². The molecule has 1 amide bonds. The predicted octanol–water partition coefficient (Wildman–Crippen LogP) is -0.464. The van der Waals surface area contributed by atoms with Crippen molar-refractivity contribution in [2.24, 2.45) is 16.8 Å². The molecule has 5 N–H and O–H groups in total. The highest BCUT2D eigenvalue weighted by atomic mass is 32.2. The highest BCUT2D eigenvalue weighted by molar-refractivity contribution is 7.87. The van der Waals surface area contributed by atoms with Crippen molar-refractivity contribution >= 4 is 16.1 Å². The molecular weight excluding hydrogens is 280 g/mol. The number of nitrogens with one attached hydrogen (secondary N) is 1. The van der Waals surface area contributed by atoms with E-state index >= 15 is 0 Å². The van der Waals surface area contributed by atoms with Gasteiger partial charge in [0.25, 0.3) is 10.2 Å². The average Bonchev–Trinajstić information content (AvgIpc) is 2.32. The Morgan fingerprint density at radius 2 is 2.10 bits per heavy atom. The summed E-state index contributed by atoms with van der Waals surface area (Å²) in [6, 6.07) is 0. The molecule has 0 radical (unpaired) electrons. The van der Waals surface area contributed by atoms with Crippen molar-refractivity contribution in [3.63, 3.8) is 0 Å². The molecule has 1 aliphatic heterocycles. The summed E-state index contributed by atoms with van der Waals surface area (Å²) in [5.74, 6) is 0.209. The molecule has 1 rings (SSSR count). The molecule has 118 valence electrons. The number of hydrogen-bond acceptors (Lipinski definition) is 4. The molecule has 20 heavy (non-hydrogen) atoms. The number of carbonyl (C=O) groups is 1. The summed E-state index contributed by atoms with van der Waals surface area (Å²) in [7, 11) is -3.66. The van der Waals surface area contributed by atoms with Crippen LogP contribution in [0.15, 0.2) is 0 Å². The molecule has 1 saturated heterocycles. The van der Waals surface area contributed by atoms with Gasteiger partial charge < -0.3 is 10.6 Å². The zero-order valence-electron chi connectivity index (χ0n) is 12.3. The van der Waals surface area contributed by atoms with E-state index in [1.807, 2.05) is 13.8 Å². The maximum absolute atomic E-state index is 12.1. The van der Waals surface area contributed by atoms with Crippen LogP contribution in [0.2, 0.25) is 0 Å². The fourth-order valence-electron chi connectivity index (χ4n) is 2.28. The second kappa shape index (κ2) is 6.84. The van der Waals surface area contributed by atoms with Gasteiger partial charge in [0.05, 0.1) is 0 Å². The van der Waals surface area contributed by atoms with Gasteiger partial charge in [0.15, 0.2) is 0 Å². The molecule has 0 aromatic carbocycles. The van der Waals surface area contributed by atoms with Crippen LogP contribution in [0, 0.1) is 5.92 Å². The lowest BCUT2D eigenvalue weighted by atomic mass is 9.96. The Morgan fingerprint density at radius 3 is 2.65 bits per heavy atom. The number of carbonyl (C=O) groups excluding carboxylic acids is 1. The van der Waals surface area contributed by atoms with Crippen molar-refractivity contribution in [2.45, 2.75) is 45.1 Å². The predicted molar refractivity (Wildman–Crippen MR) is 77.9 cm³/mol. The molecule has 8 heteroatoms. The Morgan fingerprint density at radius 1 is 1.45 bits per heavy atom. The highest BCUT2D eigenvalue weighted by Crippen LogP contribution is 2.18. The monoisotopic (exact) mass is 306 g/mol. The third kappa shape index (κ3) is 7.18. The van der Waals surface area contributed by atoms with Crippen LogP contribution in [0.25, 0.3) is 0 Å². The van der Waals surface area contributed by atoms with Gasteiger partial charge in [0, 0.05) is 31.6 Å². The van der Waals surface area contributed by atoms with Crippen molar-refractivity contribution in [1.82, 2.24) is 9.62 Å². The SMILES string of the molecule is CC(C)(N)CCC(=O)N1CCCC(CNS(N)(=O)=O)C1. The number of rotatable bonds is 6. The molecule has 0 bridgehead atoms. The van der Waals surface area contributed by atoms with Crippen LogP contribution in [0.4, 0.5) is 0 Å². The van der Waals surface area contributed by atoms with E-state index in [-0.39, 0.29) is 23.9 Å². The average molecular weight is 306 g/mol. The van der Waals surface area contributed by atoms with Crippen LogP contribution in [0.5, 0.6) is 0 Å². The molecule has 7 nitrogen and oxygen atoms in total.